The van der Waals surface area contributed by atoms with Gasteiger partial charge in [0.2, 0.25) is 0 Å². The molecule has 0 saturated heterocycles. The number of halogens is 4. The van der Waals surface area contributed by atoms with Crippen molar-refractivity contribution >= 4 is 17.6 Å². The minimum atomic E-state index is -4.63. The normalized spacial score (nSPS) is 14.3. The van der Waals surface area contributed by atoms with Crippen LogP contribution in [0.2, 0.25) is 0 Å². The van der Waals surface area contributed by atoms with E-state index in [1.54, 1.807) is 11.8 Å². The molecule has 0 atom stereocenters. The molecule has 0 radical (unpaired) electrons. The fraction of sp³-hybridized carbons (Fsp3) is 0.231. The highest BCUT2D eigenvalue weighted by atomic mass is 32.2. The Morgan fingerprint density at radius 3 is 2.57 bits per heavy atom. The number of nitrogens with zero attached hydrogens (tertiary/aromatic N) is 2. The number of fused-ring (bicyclic) bond motifs is 1. The minimum Gasteiger partial charge on any atom is -0.383 e. The van der Waals surface area contributed by atoms with Crippen LogP contribution in [0.25, 0.3) is 11.4 Å². The molecule has 21 heavy (non-hydrogen) atoms. The molecule has 0 unspecified atom stereocenters. The van der Waals surface area contributed by atoms with Gasteiger partial charge < -0.3 is 5.73 Å². The maximum atomic E-state index is 13.4. The third-order valence-electron chi connectivity index (χ3n) is 3.09. The van der Waals surface area contributed by atoms with E-state index in [-0.39, 0.29) is 17.2 Å². The molecule has 0 bridgehead atoms. The van der Waals surface area contributed by atoms with Gasteiger partial charge in [0, 0.05) is 22.6 Å². The Balaban J connectivity index is 2.13. The molecule has 2 N–H and O–H groups in total. The van der Waals surface area contributed by atoms with Crippen molar-refractivity contribution in [3.8, 4) is 11.4 Å². The van der Waals surface area contributed by atoms with Crippen LogP contribution in [0.3, 0.4) is 0 Å². The summed E-state index contributed by atoms with van der Waals surface area (Å²) in [5, 5.41) is 0. The predicted molar refractivity (Wildman–Crippen MR) is 71.8 cm³/mol. The van der Waals surface area contributed by atoms with Gasteiger partial charge in [-0.15, -0.1) is 0 Å². The summed E-state index contributed by atoms with van der Waals surface area (Å²) in [4.78, 5) is 8.20. The third-order valence-corrected chi connectivity index (χ3v) is 4.06. The van der Waals surface area contributed by atoms with Crippen molar-refractivity contribution in [3.63, 3.8) is 0 Å². The van der Waals surface area contributed by atoms with E-state index in [9.17, 15) is 17.6 Å². The van der Waals surface area contributed by atoms with E-state index in [4.69, 9.17) is 5.73 Å². The molecule has 1 aliphatic rings. The quantitative estimate of drug-likeness (QED) is 0.817. The van der Waals surface area contributed by atoms with Crippen molar-refractivity contribution in [2.75, 3.05) is 5.73 Å². The zero-order valence-electron chi connectivity index (χ0n) is 10.5. The topological polar surface area (TPSA) is 51.8 Å². The molecule has 1 aromatic carbocycles. The lowest BCUT2D eigenvalue weighted by Crippen LogP contribution is -2.07. The predicted octanol–water partition coefficient (Wildman–Crippen LogP) is 3.63. The fourth-order valence-electron chi connectivity index (χ4n) is 2.09. The second kappa shape index (κ2) is 4.87. The molecule has 8 heteroatoms. The maximum Gasteiger partial charge on any atom is 0.416 e. The van der Waals surface area contributed by atoms with Gasteiger partial charge in [0.1, 0.15) is 11.6 Å². The number of hydrogen-bond donors (Lipinski definition) is 1. The zero-order valence-corrected chi connectivity index (χ0v) is 11.4. The Hall–Kier alpha value is -1.83. The molecular weight excluding hydrogens is 306 g/mol. The monoisotopic (exact) mass is 315 g/mol. The maximum absolute atomic E-state index is 13.4. The van der Waals surface area contributed by atoms with E-state index in [2.05, 4.69) is 9.97 Å². The highest BCUT2D eigenvalue weighted by Gasteiger charge is 2.32. The number of hydrogen-bond acceptors (Lipinski definition) is 4. The van der Waals surface area contributed by atoms with Crippen LogP contribution in [0, 0.1) is 5.82 Å². The lowest BCUT2D eigenvalue weighted by Gasteiger charge is -2.10. The molecule has 1 aromatic heterocycles. The van der Waals surface area contributed by atoms with Crippen molar-refractivity contribution in [3.05, 3.63) is 40.8 Å². The smallest absolute Gasteiger partial charge is 0.383 e. The van der Waals surface area contributed by atoms with Gasteiger partial charge in [0.25, 0.3) is 0 Å². The van der Waals surface area contributed by atoms with Gasteiger partial charge in [-0.3, -0.25) is 0 Å². The SMILES string of the molecule is Nc1nc(-c2cc(F)cc(C(F)(F)F)c2)nc2c1CSC2. The molecule has 0 fully saturated rings. The molecule has 110 valence electrons. The van der Waals surface area contributed by atoms with Crippen LogP contribution in [0.15, 0.2) is 18.2 Å². The van der Waals surface area contributed by atoms with Gasteiger partial charge in [-0.05, 0) is 18.2 Å². The summed E-state index contributed by atoms with van der Waals surface area (Å²) < 4.78 is 51.6. The van der Waals surface area contributed by atoms with E-state index in [1.807, 2.05) is 0 Å². The van der Waals surface area contributed by atoms with Gasteiger partial charge >= 0.3 is 6.18 Å². The highest BCUT2D eigenvalue weighted by Crippen LogP contribution is 2.35. The number of nitrogens with two attached hydrogens (primary N) is 1. The van der Waals surface area contributed by atoms with E-state index in [0.717, 1.165) is 17.7 Å². The molecule has 0 aliphatic carbocycles. The van der Waals surface area contributed by atoms with Crippen LogP contribution < -0.4 is 5.73 Å². The molecule has 0 saturated carbocycles. The lowest BCUT2D eigenvalue weighted by atomic mass is 10.1. The zero-order chi connectivity index (χ0) is 15.2. The minimum absolute atomic E-state index is 0.0127. The average molecular weight is 315 g/mol. The molecule has 2 heterocycles. The van der Waals surface area contributed by atoms with Crippen LogP contribution >= 0.6 is 11.8 Å². The number of thioether (sulfide) groups is 1. The summed E-state index contributed by atoms with van der Waals surface area (Å²) in [6.45, 7) is 0. The Bertz CT molecular complexity index is 715. The molecule has 3 rings (SSSR count). The summed E-state index contributed by atoms with van der Waals surface area (Å²) in [5.74, 6) is 0.558. The highest BCUT2D eigenvalue weighted by molar-refractivity contribution is 7.98. The van der Waals surface area contributed by atoms with Crippen LogP contribution in [0.1, 0.15) is 16.8 Å². The first-order valence-electron chi connectivity index (χ1n) is 5.96. The number of benzene rings is 1. The third kappa shape index (κ3) is 2.67. The van der Waals surface area contributed by atoms with E-state index < -0.39 is 17.6 Å². The second-order valence-corrected chi connectivity index (χ2v) is 5.56. The van der Waals surface area contributed by atoms with Crippen LogP contribution in [-0.2, 0) is 17.7 Å². The number of nitrogen functional groups attached to an aromatic ring is 1. The van der Waals surface area contributed by atoms with Crippen molar-refractivity contribution < 1.29 is 17.6 Å². The van der Waals surface area contributed by atoms with E-state index in [0.29, 0.717) is 23.3 Å². The van der Waals surface area contributed by atoms with Gasteiger partial charge in [-0.25, -0.2) is 14.4 Å². The Kier molecular flexibility index (Phi) is 3.27. The standard InChI is InChI=1S/C13H9F4N3S/c14-8-2-6(1-7(3-8)13(15,16)17)12-19-10-5-21-4-9(10)11(18)20-12/h1-3H,4-5H2,(H2,18,19,20). The fourth-order valence-corrected chi connectivity index (χ4v) is 3.14. The summed E-state index contributed by atoms with van der Waals surface area (Å²) in [7, 11) is 0. The Morgan fingerprint density at radius 1 is 1.10 bits per heavy atom. The van der Waals surface area contributed by atoms with Gasteiger partial charge in [0.05, 0.1) is 11.3 Å². The number of anilines is 1. The first kappa shape index (κ1) is 14.1. The summed E-state index contributed by atoms with van der Waals surface area (Å²) in [6.07, 6.45) is -4.63. The summed E-state index contributed by atoms with van der Waals surface area (Å²) in [5.41, 5.74) is 6.18. The molecule has 2 aromatic rings. The molecule has 0 spiro atoms. The van der Waals surface area contributed by atoms with Gasteiger partial charge in [-0.1, -0.05) is 0 Å². The molecular formula is C13H9F4N3S. The van der Waals surface area contributed by atoms with Gasteiger partial charge in [0.15, 0.2) is 5.82 Å². The van der Waals surface area contributed by atoms with Crippen LogP contribution in [-0.4, -0.2) is 9.97 Å². The van der Waals surface area contributed by atoms with Crippen molar-refractivity contribution in [1.29, 1.82) is 0 Å². The largest absolute Gasteiger partial charge is 0.416 e. The second-order valence-electron chi connectivity index (χ2n) is 4.58. The van der Waals surface area contributed by atoms with E-state index >= 15 is 0 Å². The molecule has 0 amide bonds. The first-order chi connectivity index (χ1) is 9.84. The van der Waals surface area contributed by atoms with E-state index in [1.165, 1.54) is 0 Å². The number of alkyl halides is 3. The number of aromatic nitrogens is 2. The van der Waals surface area contributed by atoms with Crippen LogP contribution in [0.4, 0.5) is 23.4 Å². The first-order valence-corrected chi connectivity index (χ1v) is 7.11. The van der Waals surface area contributed by atoms with Gasteiger partial charge in [-0.2, -0.15) is 24.9 Å². The van der Waals surface area contributed by atoms with Crippen LogP contribution in [0.5, 0.6) is 0 Å². The lowest BCUT2D eigenvalue weighted by molar-refractivity contribution is -0.137. The summed E-state index contributed by atoms with van der Waals surface area (Å²) in [6, 6.07) is 2.24. The molecule has 1 aliphatic heterocycles. The summed E-state index contributed by atoms with van der Waals surface area (Å²) >= 11 is 1.59. The van der Waals surface area contributed by atoms with Crippen molar-refractivity contribution in [2.45, 2.75) is 17.7 Å². The average Bonchev–Trinajstić information content (AvgIpc) is 2.85. The van der Waals surface area contributed by atoms with Crippen molar-refractivity contribution in [1.82, 2.24) is 9.97 Å². The Morgan fingerprint density at radius 2 is 1.86 bits per heavy atom. The van der Waals surface area contributed by atoms with Crippen molar-refractivity contribution in [2.24, 2.45) is 0 Å². The Labute approximate surface area is 121 Å². The molecule has 3 nitrogen and oxygen atoms in total. The number of rotatable bonds is 1.